The highest BCUT2D eigenvalue weighted by atomic mass is 16.6. The SMILES string of the molecule is Cc1nc([N+](=O)[O-])c(NCc2cnc[nH]2)n1C. The molecule has 0 saturated carbocycles. The summed E-state index contributed by atoms with van der Waals surface area (Å²) in [6.07, 6.45) is 3.21. The Bertz CT molecular complexity index is 530. The second-order valence-electron chi connectivity index (χ2n) is 3.58. The van der Waals surface area contributed by atoms with Gasteiger partial charge < -0.3 is 20.4 Å². The molecule has 17 heavy (non-hydrogen) atoms. The molecule has 0 radical (unpaired) electrons. The largest absolute Gasteiger partial charge is 0.406 e. The van der Waals surface area contributed by atoms with Crippen molar-refractivity contribution in [3.63, 3.8) is 0 Å². The van der Waals surface area contributed by atoms with Gasteiger partial charge in [-0.3, -0.25) is 4.57 Å². The van der Waals surface area contributed by atoms with Crippen LogP contribution in [0, 0.1) is 17.0 Å². The summed E-state index contributed by atoms with van der Waals surface area (Å²) in [5.74, 6) is 0.815. The third kappa shape index (κ3) is 2.10. The maximum atomic E-state index is 10.8. The van der Waals surface area contributed by atoms with Crippen molar-refractivity contribution in [3.8, 4) is 0 Å². The smallest absolute Gasteiger partial charge is 0.359 e. The number of H-pyrrole nitrogens is 1. The lowest BCUT2D eigenvalue weighted by molar-refractivity contribution is -0.388. The summed E-state index contributed by atoms with van der Waals surface area (Å²) in [4.78, 5) is 21.0. The lowest BCUT2D eigenvalue weighted by Crippen LogP contribution is -2.06. The first kappa shape index (κ1) is 11.1. The molecule has 0 unspecified atom stereocenters. The fourth-order valence-electron chi connectivity index (χ4n) is 1.48. The zero-order valence-corrected chi connectivity index (χ0v) is 9.47. The van der Waals surface area contributed by atoms with Gasteiger partial charge in [0.2, 0.25) is 11.6 Å². The molecule has 0 bridgehead atoms. The van der Waals surface area contributed by atoms with Crippen molar-refractivity contribution in [2.75, 3.05) is 5.32 Å². The third-order valence-corrected chi connectivity index (χ3v) is 2.47. The minimum absolute atomic E-state index is 0.162. The first-order valence-electron chi connectivity index (χ1n) is 4.98. The van der Waals surface area contributed by atoms with Crippen LogP contribution < -0.4 is 5.32 Å². The Morgan fingerprint density at radius 1 is 1.65 bits per heavy atom. The molecule has 0 aromatic carbocycles. The van der Waals surface area contributed by atoms with Crippen LogP contribution in [0.3, 0.4) is 0 Å². The maximum Gasteiger partial charge on any atom is 0.406 e. The molecule has 0 aliphatic rings. The number of rotatable bonds is 4. The highest BCUT2D eigenvalue weighted by Gasteiger charge is 2.23. The maximum absolute atomic E-state index is 10.8. The van der Waals surface area contributed by atoms with Crippen LogP contribution in [0.15, 0.2) is 12.5 Å². The van der Waals surface area contributed by atoms with E-state index in [0.29, 0.717) is 18.2 Å². The zero-order valence-electron chi connectivity index (χ0n) is 9.47. The summed E-state index contributed by atoms with van der Waals surface area (Å²) in [6.45, 7) is 2.15. The average molecular weight is 236 g/mol. The lowest BCUT2D eigenvalue weighted by Gasteiger charge is -2.04. The van der Waals surface area contributed by atoms with Crippen LogP contribution in [-0.2, 0) is 13.6 Å². The minimum Gasteiger partial charge on any atom is -0.359 e. The van der Waals surface area contributed by atoms with Gasteiger partial charge in [-0.2, -0.15) is 0 Å². The topological polar surface area (TPSA) is 102 Å². The van der Waals surface area contributed by atoms with E-state index < -0.39 is 4.92 Å². The minimum atomic E-state index is -0.498. The van der Waals surface area contributed by atoms with Crippen LogP contribution in [0.1, 0.15) is 11.5 Å². The van der Waals surface area contributed by atoms with Crippen LogP contribution in [-0.4, -0.2) is 24.4 Å². The van der Waals surface area contributed by atoms with Crippen LogP contribution in [0.5, 0.6) is 0 Å². The van der Waals surface area contributed by atoms with Crippen molar-refractivity contribution in [1.29, 1.82) is 0 Å². The summed E-state index contributed by atoms with van der Waals surface area (Å²) < 4.78 is 1.65. The van der Waals surface area contributed by atoms with Crippen molar-refractivity contribution in [1.82, 2.24) is 19.5 Å². The zero-order chi connectivity index (χ0) is 12.4. The molecular weight excluding hydrogens is 224 g/mol. The molecule has 0 aliphatic heterocycles. The number of aromatic nitrogens is 4. The number of nitrogens with one attached hydrogen (secondary N) is 2. The van der Waals surface area contributed by atoms with Crippen LogP contribution >= 0.6 is 0 Å². The van der Waals surface area contributed by atoms with Gasteiger partial charge in [0.25, 0.3) is 0 Å². The molecule has 2 aromatic rings. The first-order chi connectivity index (χ1) is 8.09. The Balaban J connectivity index is 2.22. The highest BCUT2D eigenvalue weighted by Crippen LogP contribution is 2.23. The van der Waals surface area contributed by atoms with Crippen LogP contribution in [0.25, 0.3) is 0 Å². The number of imidazole rings is 2. The Labute approximate surface area is 96.9 Å². The number of aryl methyl sites for hydroxylation is 1. The molecule has 0 spiro atoms. The monoisotopic (exact) mass is 236 g/mol. The molecule has 0 aliphatic carbocycles. The number of hydrogen-bond donors (Lipinski definition) is 2. The summed E-state index contributed by atoms with van der Waals surface area (Å²) >= 11 is 0. The normalized spacial score (nSPS) is 10.5. The van der Waals surface area contributed by atoms with Crippen molar-refractivity contribution >= 4 is 11.6 Å². The van der Waals surface area contributed by atoms with Gasteiger partial charge in [-0.1, -0.05) is 0 Å². The molecule has 2 N–H and O–H groups in total. The van der Waals surface area contributed by atoms with Gasteiger partial charge in [0.05, 0.1) is 18.6 Å². The van der Waals surface area contributed by atoms with Gasteiger partial charge in [-0.05, 0) is 9.91 Å². The van der Waals surface area contributed by atoms with E-state index in [4.69, 9.17) is 0 Å². The molecule has 8 nitrogen and oxygen atoms in total. The number of hydrogen-bond acceptors (Lipinski definition) is 5. The van der Waals surface area contributed by atoms with Crippen molar-refractivity contribution < 1.29 is 4.92 Å². The second kappa shape index (κ2) is 4.24. The number of aromatic amines is 1. The Morgan fingerprint density at radius 2 is 2.41 bits per heavy atom. The van der Waals surface area contributed by atoms with Crippen LogP contribution in [0.4, 0.5) is 11.6 Å². The quantitative estimate of drug-likeness (QED) is 0.608. The molecule has 0 saturated heterocycles. The Kier molecular flexibility index (Phi) is 2.77. The fourth-order valence-corrected chi connectivity index (χ4v) is 1.48. The standard InChI is InChI=1S/C9H12N6O2/c1-6-13-9(15(16)17)8(14(6)2)11-4-7-3-10-5-12-7/h3,5,11H,4H2,1-2H3,(H,10,12). The molecule has 90 valence electrons. The van der Waals surface area contributed by atoms with E-state index in [2.05, 4.69) is 20.3 Å². The van der Waals surface area contributed by atoms with E-state index in [0.717, 1.165) is 5.69 Å². The molecule has 2 rings (SSSR count). The molecular formula is C9H12N6O2. The summed E-state index contributed by atoms with van der Waals surface area (Å²) in [7, 11) is 1.73. The molecule has 8 heteroatoms. The van der Waals surface area contributed by atoms with Gasteiger partial charge in [0, 0.05) is 20.2 Å². The van der Waals surface area contributed by atoms with E-state index >= 15 is 0 Å². The van der Waals surface area contributed by atoms with Crippen LogP contribution in [0.2, 0.25) is 0 Å². The van der Waals surface area contributed by atoms with E-state index in [-0.39, 0.29) is 5.82 Å². The average Bonchev–Trinajstić information content (AvgIpc) is 2.87. The highest BCUT2D eigenvalue weighted by molar-refractivity contribution is 5.53. The molecule has 0 amide bonds. The van der Waals surface area contributed by atoms with E-state index in [1.165, 1.54) is 0 Å². The first-order valence-corrected chi connectivity index (χ1v) is 4.98. The van der Waals surface area contributed by atoms with Gasteiger partial charge in [-0.15, -0.1) is 0 Å². The van der Waals surface area contributed by atoms with E-state index in [1.54, 1.807) is 31.1 Å². The summed E-state index contributed by atoms with van der Waals surface area (Å²) in [5.41, 5.74) is 0.846. The van der Waals surface area contributed by atoms with E-state index in [9.17, 15) is 10.1 Å². The summed E-state index contributed by atoms with van der Waals surface area (Å²) in [5, 5.41) is 13.8. The van der Waals surface area contributed by atoms with Crippen molar-refractivity contribution in [2.24, 2.45) is 7.05 Å². The third-order valence-electron chi connectivity index (χ3n) is 2.47. The molecule has 0 fully saturated rings. The lowest BCUT2D eigenvalue weighted by atomic mass is 10.4. The number of nitro groups is 1. The predicted octanol–water partition coefficient (Wildman–Crippen LogP) is 0.972. The molecule has 0 atom stereocenters. The van der Waals surface area contributed by atoms with Crippen molar-refractivity contribution in [2.45, 2.75) is 13.5 Å². The van der Waals surface area contributed by atoms with Gasteiger partial charge in [0.1, 0.15) is 0 Å². The van der Waals surface area contributed by atoms with Crippen molar-refractivity contribution in [3.05, 3.63) is 34.2 Å². The van der Waals surface area contributed by atoms with Gasteiger partial charge in [0.15, 0.2) is 0 Å². The van der Waals surface area contributed by atoms with Gasteiger partial charge in [-0.25, -0.2) is 4.98 Å². The molecule has 2 heterocycles. The number of nitrogens with zero attached hydrogens (tertiary/aromatic N) is 4. The van der Waals surface area contributed by atoms with Gasteiger partial charge >= 0.3 is 5.82 Å². The predicted molar refractivity (Wildman–Crippen MR) is 60.5 cm³/mol. The Morgan fingerprint density at radius 3 is 3.00 bits per heavy atom. The summed E-state index contributed by atoms with van der Waals surface area (Å²) in [6, 6.07) is 0. The molecule has 2 aromatic heterocycles. The number of anilines is 1. The fraction of sp³-hybridized carbons (Fsp3) is 0.333. The van der Waals surface area contributed by atoms with E-state index in [1.807, 2.05) is 0 Å². The Hall–Kier alpha value is -2.38. The second-order valence-corrected chi connectivity index (χ2v) is 3.58.